The Labute approximate surface area is 164 Å². The average molecular weight is 365 g/mol. The van der Waals surface area contributed by atoms with E-state index in [1.165, 1.54) is 5.56 Å². The third-order valence-corrected chi connectivity index (χ3v) is 4.03. The Morgan fingerprint density at radius 1 is 1.04 bits per heavy atom. The normalized spacial score (nSPS) is 14.4. The molecule has 1 atom stereocenters. The number of hydrogen-bond acceptors (Lipinski definition) is 2. The summed E-state index contributed by atoms with van der Waals surface area (Å²) in [5.41, 5.74) is 3.01. The third kappa shape index (κ3) is 9.02. The minimum atomic E-state index is -0.380. The molecule has 0 aliphatic rings. The second kappa shape index (κ2) is 13.5. The first-order valence-corrected chi connectivity index (χ1v) is 9.45. The van der Waals surface area contributed by atoms with Crippen LogP contribution in [0.25, 0.3) is 0 Å². The van der Waals surface area contributed by atoms with Crippen molar-refractivity contribution in [3.05, 3.63) is 95.8 Å². The van der Waals surface area contributed by atoms with E-state index < -0.39 is 0 Å². The predicted octanol–water partition coefficient (Wildman–Crippen LogP) is 4.86. The van der Waals surface area contributed by atoms with Crippen molar-refractivity contribution in [2.45, 2.75) is 40.2 Å². The smallest absolute Gasteiger partial charge is 0.245 e. The summed E-state index contributed by atoms with van der Waals surface area (Å²) >= 11 is 0. The molecule has 0 spiro atoms. The molecule has 1 rings (SSSR count). The first kappa shape index (κ1) is 22.4. The van der Waals surface area contributed by atoms with Crippen LogP contribution in [0.4, 0.5) is 0 Å². The molecule has 0 saturated heterocycles. The zero-order chi connectivity index (χ0) is 19.9. The molecule has 144 valence electrons. The fourth-order valence-corrected chi connectivity index (χ4v) is 2.51. The van der Waals surface area contributed by atoms with Gasteiger partial charge in [0.25, 0.3) is 0 Å². The molecule has 1 aromatic carbocycles. The number of carbonyl (C=O) groups is 1. The highest BCUT2D eigenvalue weighted by Crippen LogP contribution is 2.06. The molecule has 3 nitrogen and oxygen atoms in total. The molecular weight excluding hydrogens is 332 g/mol. The van der Waals surface area contributed by atoms with E-state index in [1.54, 1.807) is 0 Å². The third-order valence-electron chi connectivity index (χ3n) is 4.03. The molecule has 0 fully saturated rings. The highest BCUT2D eigenvalue weighted by atomic mass is 16.2. The van der Waals surface area contributed by atoms with Gasteiger partial charge in [-0.2, -0.15) is 0 Å². The minimum absolute atomic E-state index is 0.0560. The lowest BCUT2D eigenvalue weighted by Crippen LogP contribution is -2.45. The van der Waals surface area contributed by atoms with Crippen LogP contribution in [0.15, 0.2) is 90.2 Å². The Bertz CT molecular complexity index is 709. The van der Waals surface area contributed by atoms with Crippen molar-refractivity contribution in [2.24, 2.45) is 0 Å². The zero-order valence-electron chi connectivity index (χ0n) is 16.9. The van der Waals surface area contributed by atoms with Gasteiger partial charge in [-0.3, -0.25) is 4.79 Å². The van der Waals surface area contributed by atoms with Gasteiger partial charge in [0.1, 0.15) is 6.04 Å². The second-order valence-corrected chi connectivity index (χ2v) is 6.18. The van der Waals surface area contributed by atoms with Crippen LogP contribution in [0, 0.1) is 0 Å². The quantitative estimate of drug-likeness (QED) is 0.582. The Kier molecular flexibility index (Phi) is 11.2. The first-order valence-electron chi connectivity index (χ1n) is 9.45. The molecule has 0 aromatic heterocycles. The number of benzene rings is 1. The van der Waals surface area contributed by atoms with E-state index in [4.69, 9.17) is 0 Å². The Balaban J connectivity index is 2.81. The van der Waals surface area contributed by atoms with Gasteiger partial charge in [-0.1, -0.05) is 72.9 Å². The molecule has 2 N–H and O–H groups in total. The SMILES string of the molecule is C\C=C/C=C\C(=C/C)NC(=O)[C@H](NCCc1ccccc1)/C(C)=C/C=C\C. The molecule has 0 unspecified atom stereocenters. The van der Waals surface area contributed by atoms with Gasteiger partial charge in [-0.05, 0) is 51.3 Å². The predicted molar refractivity (Wildman–Crippen MR) is 116 cm³/mol. The van der Waals surface area contributed by atoms with Crippen LogP contribution in [0.1, 0.15) is 33.3 Å². The van der Waals surface area contributed by atoms with E-state index in [2.05, 4.69) is 22.8 Å². The number of hydrogen-bond donors (Lipinski definition) is 2. The molecule has 1 amide bonds. The summed E-state index contributed by atoms with van der Waals surface area (Å²) in [6.07, 6.45) is 16.3. The van der Waals surface area contributed by atoms with E-state index in [0.717, 1.165) is 24.2 Å². The monoisotopic (exact) mass is 364 g/mol. The van der Waals surface area contributed by atoms with Crippen LogP contribution in [0.5, 0.6) is 0 Å². The van der Waals surface area contributed by atoms with Gasteiger partial charge in [0.05, 0.1) is 0 Å². The number of amides is 1. The maximum absolute atomic E-state index is 12.9. The average Bonchev–Trinajstić information content (AvgIpc) is 2.69. The summed E-state index contributed by atoms with van der Waals surface area (Å²) in [4.78, 5) is 12.9. The Morgan fingerprint density at radius 2 is 1.74 bits per heavy atom. The van der Waals surface area contributed by atoms with E-state index in [9.17, 15) is 4.79 Å². The van der Waals surface area contributed by atoms with Gasteiger partial charge < -0.3 is 10.6 Å². The summed E-state index contributed by atoms with van der Waals surface area (Å²) < 4.78 is 0. The lowest BCUT2D eigenvalue weighted by molar-refractivity contribution is -0.121. The van der Waals surface area contributed by atoms with Crippen molar-refractivity contribution in [1.29, 1.82) is 0 Å². The van der Waals surface area contributed by atoms with Gasteiger partial charge in [0.2, 0.25) is 5.91 Å². The first-order chi connectivity index (χ1) is 13.1. The van der Waals surface area contributed by atoms with Gasteiger partial charge in [-0.25, -0.2) is 0 Å². The fourth-order valence-electron chi connectivity index (χ4n) is 2.51. The van der Waals surface area contributed by atoms with Crippen molar-refractivity contribution in [3.8, 4) is 0 Å². The van der Waals surface area contributed by atoms with Crippen LogP contribution in [0.2, 0.25) is 0 Å². The molecule has 27 heavy (non-hydrogen) atoms. The van der Waals surface area contributed by atoms with Gasteiger partial charge in [0, 0.05) is 12.2 Å². The lowest BCUT2D eigenvalue weighted by atomic mass is 10.1. The lowest BCUT2D eigenvalue weighted by Gasteiger charge is -2.19. The molecule has 0 bridgehead atoms. The number of carbonyl (C=O) groups excluding carboxylic acids is 1. The highest BCUT2D eigenvalue weighted by molar-refractivity contribution is 5.86. The van der Waals surface area contributed by atoms with Crippen LogP contribution < -0.4 is 10.6 Å². The highest BCUT2D eigenvalue weighted by Gasteiger charge is 2.19. The van der Waals surface area contributed by atoms with Crippen molar-refractivity contribution >= 4 is 5.91 Å². The van der Waals surface area contributed by atoms with E-state index in [0.29, 0.717) is 0 Å². The summed E-state index contributed by atoms with van der Waals surface area (Å²) in [7, 11) is 0. The largest absolute Gasteiger partial charge is 0.325 e. The minimum Gasteiger partial charge on any atom is -0.325 e. The number of rotatable bonds is 10. The zero-order valence-corrected chi connectivity index (χ0v) is 16.9. The molecule has 0 saturated carbocycles. The van der Waals surface area contributed by atoms with Crippen molar-refractivity contribution in [3.63, 3.8) is 0 Å². The van der Waals surface area contributed by atoms with Crippen LogP contribution in [-0.2, 0) is 11.2 Å². The van der Waals surface area contributed by atoms with E-state index >= 15 is 0 Å². The van der Waals surface area contributed by atoms with Gasteiger partial charge in [0.15, 0.2) is 0 Å². The van der Waals surface area contributed by atoms with Crippen LogP contribution >= 0.6 is 0 Å². The molecule has 0 heterocycles. The summed E-state index contributed by atoms with van der Waals surface area (Å²) in [6, 6.07) is 9.90. The Hall–Kier alpha value is -2.65. The summed E-state index contributed by atoms with van der Waals surface area (Å²) in [5, 5.41) is 6.40. The van der Waals surface area contributed by atoms with Gasteiger partial charge in [-0.15, -0.1) is 0 Å². The van der Waals surface area contributed by atoms with E-state index in [1.807, 2.05) is 94.5 Å². The molecule has 0 radical (unpaired) electrons. The summed E-state index contributed by atoms with van der Waals surface area (Å²) in [5.74, 6) is -0.0560. The molecule has 3 heteroatoms. The molecular formula is C24H32N2O. The number of allylic oxidation sites excluding steroid dienone is 8. The van der Waals surface area contributed by atoms with Crippen LogP contribution in [0.3, 0.4) is 0 Å². The molecule has 1 aromatic rings. The topological polar surface area (TPSA) is 41.1 Å². The molecule has 0 aliphatic heterocycles. The van der Waals surface area contributed by atoms with Crippen molar-refractivity contribution in [1.82, 2.24) is 10.6 Å². The van der Waals surface area contributed by atoms with E-state index in [-0.39, 0.29) is 11.9 Å². The second-order valence-electron chi connectivity index (χ2n) is 6.18. The fraction of sp³-hybridized carbons (Fsp3) is 0.292. The maximum atomic E-state index is 12.9. The maximum Gasteiger partial charge on any atom is 0.245 e. The van der Waals surface area contributed by atoms with Crippen molar-refractivity contribution < 1.29 is 4.79 Å². The van der Waals surface area contributed by atoms with Crippen LogP contribution in [-0.4, -0.2) is 18.5 Å². The molecule has 0 aliphatic carbocycles. The van der Waals surface area contributed by atoms with Crippen molar-refractivity contribution in [2.75, 3.05) is 6.54 Å². The standard InChI is InChI=1S/C24H32N2O/c1-5-8-11-17-22(7-3)26-24(27)23(20(4)14-9-6-2)25-19-18-21-15-12-10-13-16-21/h5-17,23,25H,18-19H2,1-4H3,(H,26,27)/b8-5-,9-6-,17-11-,20-14+,22-7+/t23-/m1/s1. The number of nitrogens with one attached hydrogen (secondary N) is 2. The summed E-state index contributed by atoms with van der Waals surface area (Å²) in [6.45, 7) is 8.54. The van der Waals surface area contributed by atoms with Gasteiger partial charge >= 0.3 is 0 Å². The Morgan fingerprint density at radius 3 is 2.37 bits per heavy atom.